The molecule has 0 bridgehead atoms. The van der Waals surface area contributed by atoms with Gasteiger partial charge in [-0.1, -0.05) is 35.9 Å². The standard InChI is InChI=1S/C26H21ClIN3O5/c1-3-35-24-13-17(12-21(28)25(24)36-15-18-6-4-5-7-20(18)27)11-19(14-29)26(32)30-22-9-8-16(2)10-23(22)31(33)34/h4-13H,3,15H2,1-2H3,(H,30,32)/b19-11+. The smallest absolute Gasteiger partial charge is 0.293 e. The zero-order valence-electron chi connectivity index (χ0n) is 19.4. The monoisotopic (exact) mass is 617 g/mol. The number of aryl methyl sites for hydroxylation is 1. The van der Waals surface area contributed by atoms with Gasteiger partial charge in [0, 0.05) is 16.7 Å². The summed E-state index contributed by atoms with van der Waals surface area (Å²) < 4.78 is 12.4. The zero-order chi connectivity index (χ0) is 26.2. The number of nitrogens with zero attached hydrogens (tertiary/aromatic N) is 2. The molecule has 3 aromatic carbocycles. The van der Waals surface area contributed by atoms with Crippen molar-refractivity contribution in [2.45, 2.75) is 20.5 Å². The first-order valence-corrected chi connectivity index (χ1v) is 12.2. The van der Waals surface area contributed by atoms with Gasteiger partial charge < -0.3 is 14.8 Å². The van der Waals surface area contributed by atoms with Crippen LogP contribution in [0, 0.1) is 31.9 Å². The largest absolute Gasteiger partial charge is 0.490 e. The highest BCUT2D eigenvalue weighted by Gasteiger charge is 2.19. The number of halogens is 2. The molecule has 184 valence electrons. The van der Waals surface area contributed by atoms with E-state index in [1.54, 1.807) is 31.2 Å². The average molecular weight is 618 g/mol. The van der Waals surface area contributed by atoms with Gasteiger partial charge in [-0.05, 0) is 77.9 Å². The predicted molar refractivity (Wildman–Crippen MR) is 146 cm³/mol. The normalized spacial score (nSPS) is 10.9. The number of nitro benzene ring substituents is 1. The SMILES string of the molecule is CCOc1cc(/C=C(\C#N)C(=O)Nc2ccc(C)cc2[N+](=O)[O-])cc(I)c1OCc1ccccc1Cl. The van der Waals surface area contributed by atoms with Crippen LogP contribution in [0.3, 0.4) is 0 Å². The Balaban J connectivity index is 1.89. The van der Waals surface area contributed by atoms with E-state index in [9.17, 15) is 20.2 Å². The van der Waals surface area contributed by atoms with Crippen LogP contribution in [0.4, 0.5) is 11.4 Å². The lowest BCUT2D eigenvalue weighted by atomic mass is 10.1. The van der Waals surface area contributed by atoms with Crippen molar-refractivity contribution in [3.05, 3.63) is 95.6 Å². The summed E-state index contributed by atoms with van der Waals surface area (Å²) in [7, 11) is 0. The first-order valence-electron chi connectivity index (χ1n) is 10.7. The molecule has 0 radical (unpaired) electrons. The zero-order valence-corrected chi connectivity index (χ0v) is 22.3. The summed E-state index contributed by atoms with van der Waals surface area (Å²) in [6, 6.07) is 17.0. The summed E-state index contributed by atoms with van der Waals surface area (Å²) >= 11 is 8.31. The van der Waals surface area contributed by atoms with Crippen LogP contribution in [0.25, 0.3) is 6.08 Å². The molecule has 0 saturated heterocycles. The highest BCUT2D eigenvalue weighted by molar-refractivity contribution is 14.1. The van der Waals surface area contributed by atoms with Crippen LogP contribution in [-0.2, 0) is 11.4 Å². The van der Waals surface area contributed by atoms with E-state index in [4.69, 9.17) is 21.1 Å². The van der Waals surface area contributed by atoms with Crippen LogP contribution >= 0.6 is 34.2 Å². The first kappa shape index (κ1) is 27.0. The highest BCUT2D eigenvalue weighted by Crippen LogP contribution is 2.36. The second-order valence-electron chi connectivity index (χ2n) is 7.54. The molecule has 3 rings (SSSR count). The first-order chi connectivity index (χ1) is 17.2. The van der Waals surface area contributed by atoms with Crippen molar-refractivity contribution < 1.29 is 19.2 Å². The summed E-state index contributed by atoms with van der Waals surface area (Å²) in [5.74, 6) is 0.179. The number of amides is 1. The summed E-state index contributed by atoms with van der Waals surface area (Å²) in [5.41, 5.74) is 1.53. The maximum Gasteiger partial charge on any atom is 0.293 e. The molecule has 36 heavy (non-hydrogen) atoms. The van der Waals surface area contributed by atoms with E-state index in [-0.39, 0.29) is 23.6 Å². The molecule has 0 aliphatic rings. The molecule has 0 saturated carbocycles. The number of rotatable bonds is 9. The van der Waals surface area contributed by atoms with Gasteiger partial charge in [-0.15, -0.1) is 0 Å². The van der Waals surface area contributed by atoms with Crippen molar-refractivity contribution in [2.24, 2.45) is 0 Å². The van der Waals surface area contributed by atoms with Gasteiger partial charge in [-0.2, -0.15) is 5.26 Å². The Labute approximate surface area is 226 Å². The van der Waals surface area contributed by atoms with Crippen molar-refractivity contribution in [3.8, 4) is 17.6 Å². The maximum atomic E-state index is 12.8. The molecule has 0 aromatic heterocycles. The van der Waals surface area contributed by atoms with E-state index in [1.807, 2.05) is 31.2 Å². The lowest BCUT2D eigenvalue weighted by Crippen LogP contribution is -2.14. The fraction of sp³-hybridized carbons (Fsp3) is 0.154. The van der Waals surface area contributed by atoms with Gasteiger partial charge in [0.2, 0.25) is 0 Å². The highest BCUT2D eigenvalue weighted by atomic mass is 127. The van der Waals surface area contributed by atoms with Gasteiger partial charge in [0.25, 0.3) is 11.6 Å². The second-order valence-corrected chi connectivity index (χ2v) is 9.11. The fourth-order valence-electron chi connectivity index (χ4n) is 3.24. The molecule has 0 unspecified atom stereocenters. The van der Waals surface area contributed by atoms with Gasteiger partial charge in [-0.25, -0.2) is 0 Å². The molecule has 1 amide bonds. The van der Waals surface area contributed by atoms with Crippen molar-refractivity contribution in [2.75, 3.05) is 11.9 Å². The Kier molecular flexibility index (Phi) is 9.27. The quantitative estimate of drug-likeness (QED) is 0.0941. The van der Waals surface area contributed by atoms with Crippen LogP contribution < -0.4 is 14.8 Å². The minimum atomic E-state index is -0.767. The number of nitrogens with one attached hydrogen (secondary N) is 1. The summed E-state index contributed by atoms with van der Waals surface area (Å²) in [6.45, 7) is 4.13. The third kappa shape index (κ3) is 6.74. The number of benzene rings is 3. The predicted octanol–water partition coefficient (Wildman–Crippen LogP) is 6.68. The summed E-state index contributed by atoms with van der Waals surface area (Å²) in [6.07, 6.45) is 1.39. The third-order valence-electron chi connectivity index (χ3n) is 4.94. The number of ether oxygens (including phenoxy) is 2. The number of hydrogen-bond donors (Lipinski definition) is 1. The number of anilines is 1. The van der Waals surface area contributed by atoms with Gasteiger partial charge in [0.15, 0.2) is 11.5 Å². The second kappa shape index (κ2) is 12.4. The molecule has 0 fully saturated rings. The van der Waals surface area contributed by atoms with Gasteiger partial charge in [0.05, 0.1) is 15.1 Å². The van der Waals surface area contributed by atoms with Crippen molar-refractivity contribution in [3.63, 3.8) is 0 Å². The lowest BCUT2D eigenvalue weighted by Gasteiger charge is -2.15. The Hall–Kier alpha value is -3.62. The Morgan fingerprint density at radius 2 is 1.97 bits per heavy atom. The molecule has 0 aliphatic carbocycles. The van der Waals surface area contributed by atoms with E-state index >= 15 is 0 Å². The van der Waals surface area contributed by atoms with E-state index in [0.29, 0.717) is 37.8 Å². The van der Waals surface area contributed by atoms with Crippen molar-refractivity contribution in [1.82, 2.24) is 0 Å². The van der Waals surface area contributed by atoms with Crippen LogP contribution in [0.5, 0.6) is 11.5 Å². The summed E-state index contributed by atoms with van der Waals surface area (Å²) in [5, 5.41) is 24.0. The molecule has 0 atom stereocenters. The molecule has 1 N–H and O–H groups in total. The Bertz CT molecular complexity index is 1380. The topological polar surface area (TPSA) is 114 Å². The number of nitro groups is 1. The summed E-state index contributed by atoms with van der Waals surface area (Å²) in [4.78, 5) is 23.5. The number of carbonyl (C=O) groups is 1. The van der Waals surface area contributed by atoms with Crippen LogP contribution in [0.15, 0.2) is 60.2 Å². The lowest BCUT2D eigenvalue weighted by molar-refractivity contribution is -0.384. The Morgan fingerprint density at radius 1 is 1.22 bits per heavy atom. The van der Waals surface area contributed by atoms with Crippen LogP contribution in [0.2, 0.25) is 5.02 Å². The molecule has 0 spiro atoms. The maximum absolute atomic E-state index is 12.8. The van der Waals surface area contributed by atoms with E-state index in [0.717, 1.165) is 5.56 Å². The van der Waals surface area contributed by atoms with Gasteiger partial charge in [0.1, 0.15) is 23.9 Å². The fourth-order valence-corrected chi connectivity index (χ4v) is 4.21. The molecule has 0 heterocycles. The molecular formula is C26H21ClIN3O5. The Morgan fingerprint density at radius 3 is 2.64 bits per heavy atom. The molecule has 10 heteroatoms. The number of hydrogen-bond acceptors (Lipinski definition) is 6. The van der Waals surface area contributed by atoms with Crippen LogP contribution in [-0.4, -0.2) is 17.4 Å². The third-order valence-corrected chi connectivity index (χ3v) is 6.11. The van der Waals surface area contributed by atoms with E-state index in [2.05, 4.69) is 27.9 Å². The van der Waals surface area contributed by atoms with Crippen molar-refractivity contribution in [1.29, 1.82) is 5.26 Å². The minimum Gasteiger partial charge on any atom is -0.490 e. The molecule has 8 nitrogen and oxygen atoms in total. The molecule has 3 aromatic rings. The van der Waals surface area contributed by atoms with Gasteiger partial charge >= 0.3 is 0 Å². The number of nitriles is 1. The molecule has 0 aliphatic heterocycles. The molecular weight excluding hydrogens is 597 g/mol. The minimum absolute atomic E-state index is 0.00431. The van der Waals surface area contributed by atoms with Crippen molar-refractivity contribution >= 4 is 57.5 Å². The van der Waals surface area contributed by atoms with E-state index < -0.39 is 10.8 Å². The van der Waals surface area contributed by atoms with E-state index in [1.165, 1.54) is 18.2 Å². The average Bonchev–Trinajstić information content (AvgIpc) is 2.84. The number of carbonyl (C=O) groups excluding carboxylic acids is 1. The van der Waals surface area contributed by atoms with Crippen LogP contribution in [0.1, 0.15) is 23.6 Å². The van der Waals surface area contributed by atoms with Gasteiger partial charge in [-0.3, -0.25) is 14.9 Å².